The normalized spacial score (nSPS) is 26.6. The Kier molecular flexibility index (Phi) is 4.15. The third-order valence-corrected chi connectivity index (χ3v) is 4.97. The highest BCUT2D eigenvalue weighted by Gasteiger charge is 2.40. The van der Waals surface area contributed by atoms with Crippen LogP contribution in [0.5, 0.6) is 0 Å². The summed E-state index contributed by atoms with van der Waals surface area (Å²) in [5.41, 5.74) is 5.39. The molecule has 2 aliphatic carbocycles. The molecule has 2 fully saturated rings. The maximum absolute atomic E-state index is 11.9. The lowest BCUT2D eigenvalue weighted by molar-refractivity contribution is -0.123. The van der Waals surface area contributed by atoms with Crippen molar-refractivity contribution in [1.29, 1.82) is 0 Å². The first-order chi connectivity index (χ1) is 10.1. The van der Waals surface area contributed by atoms with Gasteiger partial charge >= 0.3 is 0 Å². The fraction of sp³-hybridized carbons (Fsp3) is 0.500. The van der Waals surface area contributed by atoms with E-state index in [0.717, 1.165) is 5.92 Å². The second-order valence-corrected chi connectivity index (χ2v) is 6.59. The molecule has 3 atom stereocenters. The van der Waals surface area contributed by atoms with Crippen LogP contribution < -0.4 is 10.9 Å². The summed E-state index contributed by atoms with van der Waals surface area (Å²) in [5.74, 6) is 1.58. The van der Waals surface area contributed by atoms with Gasteiger partial charge in [-0.2, -0.15) is 0 Å². The monoisotopic (exact) mass is 306 g/mol. The van der Waals surface area contributed by atoms with E-state index in [1.54, 1.807) is 24.3 Å². The molecule has 21 heavy (non-hydrogen) atoms. The first-order valence-electron chi connectivity index (χ1n) is 7.46. The summed E-state index contributed by atoms with van der Waals surface area (Å²) in [6.07, 6.45) is 5.55. The van der Waals surface area contributed by atoms with Crippen LogP contribution in [0, 0.1) is 17.8 Å². The molecule has 2 aliphatic rings. The second-order valence-electron chi connectivity index (χ2n) is 6.15. The average Bonchev–Trinajstić information content (AvgIpc) is 3.07. The molecular weight excluding hydrogens is 288 g/mol. The quantitative estimate of drug-likeness (QED) is 0.844. The van der Waals surface area contributed by atoms with Crippen LogP contribution in [0.3, 0.4) is 0 Å². The summed E-state index contributed by atoms with van der Waals surface area (Å²) >= 11 is 5.83. The van der Waals surface area contributed by atoms with Gasteiger partial charge in [0.2, 0.25) is 5.91 Å². The Morgan fingerprint density at radius 1 is 1.19 bits per heavy atom. The standard InChI is InChI=1S/C16H19ClN2O2/c17-14-3-1-2-12(8-14)16(21)19-18-15(20)9-13-7-10-4-5-11(13)6-10/h1-3,8,10-11,13H,4-7,9H2,(H,18,20)(H,19,21)/t10-,11-,13-/m1/s1. The molecule has 0 aliphatic heterocycles. The Hall–Kier alpha value is -1.55. The highest BCUT2D eigenvalue weighted by molar-refractivity contribution is 6.30. The van der Waals surface area contributed by atoms with Crippen LogP contribution in [0.1, 0.15) is 42.5 Å². The van der Waals surface area contributed by atoms with E-state index in [2.05, 4.69) is 10.9 Å². The number of hydrogen-bond donors (Lipinski definition) is 2. The van der Waals surface area contributed by atoms with E-state index >= 15 is 0 Å². The third kappa shape index (κ3) is 3.38. The van der Waals surface area contributed by atoms with E-state index in [9.17, 15) is 9.59 Å². The molecule has 0 spiro atoms. The zero-order valence-electron chi connectivity index (χ0n) is 11.8. The lowest BCUT2D eigenvalue weighted by atomic mass is 9.86. The number of fused-ring (bicyclic) bond motifs is 2. The molecule has 2 N–H and O–H groups in total. The Labute approximate surface area is 129 Å². The highest BCUT2D eigenvalue weighted by Crippen LogP contribution is 2.49. The molecule has 3 rings (SSSR count). The van der Waals surface area contributed by atoms with E-state index in [-0.39, 0.29) is 11.8 Å². The van der Waals surface area contributed by atoms with Gasteiger partial charge in [0.15, 0.2) is 0 Å². The van der Waals surface area contributed by atoms with Crippen LogP contribution in [0.25, 0.3) is 0 Å². The van der Waals surface area contributed by atoms with Crippen LogP contribution >= 0.6 is 11.6 Å². The topological polar surface area (TPSA) is 58.2 Å². The van der Waals surface area contributed by atoms with Crippen molar-refractivity contribution in [3.63, 3.8) is 0 Å². The zero-order chi connectivity index (χ0) is 14.8. The number of halogens is 1. The first-order valence-corrected chi connectivity index (χ1v) is 7.84. The molecule has 4 nitrogen and oxygen atoms in total. The molecule has 1 aromatic rings. The van der Waals surface area contributed by atoms with Crippen molar-refractivity contribution in [2.24, 2.45) is 17.8 Å². The van der Waals surface area contributed by atoms with Crippen LogP contribution in [-0.4, -0.2) is 11.8 Å². The maximum atomic E-state index is 11.9. The average molecular weight is 307 g/mol. The van der Waals surface area contributed by atoms with Crippen molar-refractivity contribution in [3.05, 3.63) is 34.9 Å². The number of nitrogens with one attached hydrogen (secondary N) is 2. The second kappa shape index (κ2) is 6.06. The Morgan fingerprint density at radius 3 is 2.71 bits per heavy atom. The number of benzene rings is 1. The number of amides is 2. The molecular formula is C16H19ClN2O2. The number of hydrazine groups is 1. The van der Waals surface area contributed by atoms with Gasteiger partial charge in [0, 0.05) is 17.0 Å². The van der Waals surface area contributed by atoms with Crippen molar-refractivity contribution in [2.45, 2.75) is 32.1 Å². The molecule has 0 saturated heterocycles. The largest absolute Gasteiger partial charge is 0.273 e. The fourth-order valence-corrected chi connectivity index (χ4v) is 3.93. The number of carbonyl (C=O) groups is 2. The fourth-order valence-electron chi connectivity index (χ4n) is 3.74. The highest BCUT2D eigenvalue weighted by atomic mass is 35.5. The van der Waals surface area contributed by atoms with Crippen LogP contribution in [0.4, 0.5) is 0 Å². The van der Waals surface area contributed by atoms with E-state index in [1.165, 1.54) is 25.7 Å². The van der Waals surface area contributed by atoms with Crippen LogP contribution in [-0.2, 0) is 4.79 Å². The van der Waals surface area contributed by atoms with Crippen molar-refractivity contribution >= 4 is 23.4 Å². The van der Waals surface area contributed by atoms with Gasteiger partial charge in [-0.1, -0.05) is 24.1 Å². The van der Waals surface area contributed by atoms with E-state index in [0.29, 0.717) is 28.8 Å². The van der Waals surface area contributed by atoms with Gasteiger partial charge in [-0.25, -0.2) is 0 Å². The molecule has 112 valence electrons. The van der Waals surface area contributed by atoms with Crippen LogP contribution in [0.15, 0.2) is 24.3 Å². The molecule has 0 unspecified atom stereocenters. The molecule has 2 amide bonds. The minimum atomic E-state index is -0.348. The van der Waals surface area contributed by atoms with Crippen molar-refractivity contribution in [3.8, 4) is 0 Å². The van der Waals surface area contributed by atoms with Gasteiger partial charge in [-0.15, -0.1) is 0 Å². The molecule has 5 heteroatoms. The molecule has 0 heterocycles. The van der Waals surface area contributed by atoms with E-state index in [1.807, 2.05) is 0 Å². The van der Waals surface area contributed by atoms with Crippen molar-refractivity contribution < 1.29 is 9.59 Å². The Morgan fingerprint density at radius 2 is 2.05 bits per heavy atom. The van der Waals surface area contributed by atoms with Gasteiger partial charge in [-0.05, 0) is 55.2 Å². The molecule has 0 aromatic heterocycles. The number of hydrogen-bond acceptors (Lipinski definition) is 2. The van der Waals surface area contributed by atoms with E-state index < -0.39 is 0 Å². The maximum Gasteiger partial charge on any atom is 0.269 e. The molecule has 2 bridgehead atoms. The van der Waals surface area contributed by atoms with Gasteiger partial charge in [-0.3, -0.25) is 20.4 Å². The summed E-state index contributed by atoms with van der Waals surface area (Å²) in [6, 6.07) is 6.63. The van der Waals surface area contributed by atoms with Gasteiger partial charge in [0.1, 0.15) is 0 Å². The Bertz CT molecular complexity index is 561. The predicted molar refractivity (Wildman–Crippen MR) is 80.6 cm³/mol. The first kappa shape index (κ1) is 14.4. The number of carbonyl (C=O) groups excluding carboxylic acids is 2. The van der Waals surface area contributed by atoms with Gasteiger partial charge < -0.3 is 0 Å². The summed E-state index contributed by atoms with van der Waals surface area (Å²) in [7, 11) is 0. The molecule has 0 radical (unpaired) electrons. The lowest BCUT2D eigenvalue weighted by Crippen LogP contribution is -2.42. The van der Waals surface area contributed by atoms with Gasteiger partial charge in [0.05, 0.1) is 0 Å². The smallest absolute Gasteiger partial charge is 0.269 e. The molecule has 1 aromatic carbocycles. The molecule has 2 saturated carbocycles. The van der Waals surface area contributed by atoms with E-state index in [4.69, 9.17) is 11.6 Å². The van der Waals surface area contributed by atoms with Crippen LogP contribution in [0.2, 0.25) is 5.02 Å². The van der Waals surface area contributed by atoms with Crippen molar-refractivity contribution in [2.75, 3.05) is 0 Å². The SMILES string of the molecule is O=C(C[C@H]1C[C@@H]2CC[C@@H]1C2)NNC(=O)c1cccc(Cl)c1. The summed E-state index contributed by atoms with van der Waals surface area (Å²) in [4.78, 5) is 23.8. The Balaban J connectivity index is 1.46. The minimum absolute atomic E-state index is 0.108. The van der Waals surface area contributed by atoms with Gasteiger partial charge in [0.25, 0.3) is 5.91 Å². The lowest BCUT2D eigenvalue weighted by Gasteiger charge is -2.20. The number of rotatable bonds is 3. The van der Waals surface area contributed by atoms with Crippen molar-refractivity contribution in [1.82, 2.24) is 10.9 Å². The summed E-state index contributed by atoms with van der Waals surface area (Å²) in [5, 5.41) is 0.496. The summed E-state index contributed by atoms with van der Waals surface area (Å²) < 4.78 is 0. The zero-order valence-corrected chi connectivity index (χ0v) is 12.5. The summed E-state index contributed by atoms with van der Waals surface area (Å²) in [6.45, 7) is 0. The predicted octanol–water partition coefficient (Wildman–Crippen LogP) is 2.93. The third-order valence-electron chi connectivity index (χ3n) is 4.73. The minimum Gasteiger partial charge on any atom is -0.273 e.